The summed E-state index contributed by atoms with van der Waals surface area (Å²) in [6.07, 6.45) is 0. The van der Waals surface area contributed by atoms with E-state index in [9.17, 15) is 13.2 Å². The average Bonchev–Trinajstić information content (AvgIpc) is 2.76. The van der Waals surface area contributed by atoms with Crippen molar-refractivity contribution in [3.63, 3.8) is 0 Å². The molecule has 0 aliphatic carbocycles. The molecule has 1 heterocycles. The number of carbonyl (C=O) groups is 1. The summed E-state index contributed by atoms with van der Waals surface area (Å²) in [5.74, 6) is -0.0772. The first-order valence-corrected chi connectivity index (χ1v) is 8.83. The molecule has 0 atom stereocenters. The van der Waals surface area contributed by atoms with Crippen LogP contribution in [-0.4, -0.2) is 14.4 Å². The summed E-state index contributed by atoms with van der Waals surface area (Å²) in [5.41, 5.74) is 2.12. The monoisotopic (exact) mass is 381 g/mol. The number of hydrogen-bond acceptors (Lipinski definition) is 3. The Labute approximate surface area is 136 Å². The number of anilines is 3. The van der Waals surface area contributed by atoms with Crippen LogP contribution < -0.4 is 15.4 Å². The number of nitrogens with one attached hydrogen (secondary N) is 3. The largest absolute Gasteiger partial charge is 0.323 e. The Morgan fingerprint density at radius 1 is 1.09 bits per heavy atom. The van der Waals surface area contributed by atoms with Crippen LogP contribution in [0.4, 0.5) is 21.9 Å². The smallest absolute Gasteiger partial charge is 0.308 e. The van der Waals surface area contributed by atoms with Crippen molar-refractivity contribution >= 4 is 49.0 Å². The summed E-state index contributed by atoms with van der Waals surface area (Å²) < 4.78 is 26.6. The van der Waals surface area contributed by atoms with Crippen LogP contribution in [0.15, 0.2) is 46.9 Å². The maximum atomic E-state index is 12.0. The number of hydrogen-bond donors (Lipinski definition) is 3. The lowest BCUT2D eigenvalue weighted by molar-refractivity contribution is 0.262. The van der Waals surface area contributed by atoms with Gasteiger partial charge in [0.05, 0.1) is 17.1 Å². The molecule has 2 aromatic carbocycles. The van der Waals surface area contributed by atoms with Gasteiger partial charge in [-0.05, 0) is 35.9 Å². The first-order chi connectivity index (χ1) is 10.4. The van der Waals surface area contributed by atoms with E-state index in [1.54, 1.807) is 30.3 Å². The highest BCUT2D eigenvalue weighted by atomic mass is 79.9. The van der Waals surface area contributed by atoms with Gasteiger partial charge in [-0.15, -0.1) is 0 Å². The Morgan fingerprint density at radius 2 is 1.82 bits per heavy atom. The van der Waals surface area contributed by atoms with E-state index in [2.05, 4.69) is 31.3 Å². The number of amides is 2. The van der Waals surface area contributed by atoms with Crippen molar-refractivity contribution in [1.82, 2.24) is 0 Å². The topological polar surface area (TPSA) is 87.3 Å². The Hall–Kier alpha value is -2.06. The molecule has 114 valence electrons. The van der Waals surface area contributed by atoms with Crippen LogP contribution in [0.2, 0.25) is 0 Å². The highest BCUT2D eigenvalue weighted by Crippen LogP contribution is 2.34. The van der Waals surface area contributed by atoms with Crippen LogP contribution in [-0.2, 0) is 15.8 Å². The van der Waals surface area contributed by atoms with Gasteiger partial charge in [0, 0.05) is 10.2 Å². The Morgan fingerprint density at radius 3 is 2.55 bits per heavy atom. The first-order valence-electron chi connectivity index (χ1n) is 6.39. The third kappa shape index (κ3) is 3.23. The maximum Gasteiger partial charge on any atom is 0.323 e. The normalized spacial score (nSPS) is 14.8. The van der Waals surface area contributed by atoms with Gasteiger partial charge in [-0.3, -0.25) is 4.72 Å². The second kappa shape index (κ2) is 5.62. The Bertz CT molecular complexity index is 835. The van der Waals surface area contributed by atoms with Gasteiger partial charge in [0.2, 0.25) is 10.0 Å². The highest BCUT2D eigenvalue weighted by Gasteiger charge is 2.26. The summed E-state index contributed by atoms with van der Waals surface area (Å²) in [4.78, 5) is 12.0. The average molecular weight is 382 g/mol. The minimum atomic E-state index is -3.35. The molecule has 1 aliphatic heterocycles. The summed E-state index contributed by atoms with van der Waals surface area (Å²) in [7, 11) is -3.35. The molecule has 2 aromatic rings. The molecule has 6 nitrogen and oxygen atoms in total. The van der Waals surface area contributed by atoms with Gasteiger partial charge in [-0.2, -0.15) is 0 Å². The third-order valence-electron chi connectivity index (χ3n) is 3.10. The fourth-order valence-corrected chi connectivity index (χ4v) is 3.70. The van der Waals surface area contributed by atoms with Crippen LogP contribution in [0, 0.1) is 0 Å². The molecule has 2 amide bonds. The number of fused-ring (bicyclic) bond motifs is 1. The summed E-state index contributed by atoms with van der Waals surface area (Å²) >= 11 is 3.32. The van der Waals surface area contributed by atoms with Crippen molar-refractivity contribution in [2.75, 3.05) is 15.4 Å². The van der Waals surface area contributed by atoms with E-state index < -0.39 is 16.1 Å². The number of para-hydroxylation sites is 1. The number of sulfonamides is 1. The minimum Gasteiger partial charge on any atom is -0.308 e. The van der Waals surface area contributed by atoms with E-state index in [0.717, 1.165) is 4.47 Å². The van der Waals surface area contributed by atoms with Crippen molar-refractivity contribution in [2.45, 2.75) is 5.75 Å². The zero-order valence-electron chi connectivity index (χ0n) is 11.3. The van der Waals surface area contributed by atoms with Gasteiger partial charge in [-0.25, -0.2) is 13.2 Å². The summed E-state index contributed by atoms with van der Waals surface area (Å²) in [6.45, 7) is 0. The first kappa shape index (κ1) is 14.9. The number of rotatable bonds is 2. The quantitative estimate of drug-likeness (QED) is 0.745. The van der Waals surface area contributed by atoms with Gasteiger partial charge in [0.15, 0.2) is 0 Å². The lowest BCUT2D eigenvalue weighted by Gasteiger charge is -2.11. The molecule has 3 rings (SSSR count). The highest BCUT2D eigenvalue weighted by molar-refractivity contribution is 9.10. The molecule has 0 aromatic heterocycles. The number of benzene rings is 2. The SMILES string of the molecule is O=C(Nc1ccc(Br)cc1)Nc1cccc2c1NS(=O)(=O)C2. The maximum absolute atomic E-state index is 12.0. The van der Waals surface area contributed by atoms with Gasteiger partial charge < -0.3 is 10.6 Å². The van der Waals surface area contributed by atoms with E-state index in [1.807, 2.05) is 12.1 Å². The standard InChI is InChI=1S/C14H12BrN3O3S/c15-10-4-6-11(7-5-10)16-14(19)17-12-3-1-2-9-8-22(20,21)18-13(9)12/h1-7,18H,8H2,(H2,16,17,19). The fraction of sp³-hybridized carbons (Fsp3) is 0.0714. The van der Waals surface area contributed by atoms with E-state index >= 15 is 0 Å². The molecule has 0 radical (unpaired) electrons. The minimum absolute atomic E-state index is 0.0772. The zero-order valence-corrected chi connectivity index (χ0v) is 13.7. The van der Waals surface area contributed by atoms with Crippen LogP contribution in [0.25, 0.3) is 0 Å². The number of halogens is 1. The lowest BCUT2D eigenvalue weighted by atomic mass is 10.2. The second-order valence-electron chi connectivity index (χ2n) is 4.79. The molecule has 0 spiro atoms. The molecule has 1 aliphatic rings. The third-order valence-corrected chi connectivity index (χ3v) is 4.84. The van der Waals surface area contributed by atoms with Gasteiger partial charge in [0.25, 0.3) is 0 Å². The van der Waals surface area contributed by atoms with Crippen molar-refractivity contribution in [3.8, 4) is 0 Å². The van der Waals surface area contributed by atoms with E-state index in [1.165, 1.54) is 0 Å². The molecule has 22 heavy (non-hydrogen) atoms. The van der Waals surface area contributed by atoms with E-state index in [4.69, 9.17) is 0 Å². The zero-order chi connectivity index (χ0) is 15.7. The summed E-state index contributed by atoms with van der Waals surface area (Å²) in [5, 5.41) is 5.34. The van der Waals surface area contributed by atoms with Crippen molar-refractivity contribution < 1.29 is 13.2 Å². The van der Waals surface area contributed by atoms with Crippen LogP contribution in [0.1, 0.15) is 5.56 Å². The van der Waals surface area contributed by atoms with Crippen molar-refractivity contribution in [3.05, 3.63) is 52.5 Å². The number of urea groups is 1. The molecule has 0 saturated carbocycles. The Kier molecular flexibility index (Phi) is 3.79. The molecule has 0 saturated heterocycles. The van der Waals surface area contributed by atoms with Crippen LogP contribution in [0.3, 0.4) is 0 Å². The Balaban J connectivity index is 1.76. The predicted octanol–water partition coefficient (Wildman–Crippen LogP) is 3.35. The molecule has 3 N–H and O–H groups in total. The summed E-state index contributed by atoms with van der Waals surface area (Å²) in [6, 6.07) is 11.7. The molecule has 8 heteroatoms. The second-order valence-corrected chi connectivity index (χ2v) is 7.42. The van der Waals surface area contributed by atoms with Crippen molar-refractivity contribution in [2.24, 2.45) is 0 Å². The molecule has 0 bridgehead atoms. The van der Waals surface area contributed by atoms with E-state index in [-0.39, 0.29) is 5.75 Å². The van der Waals surface area contributed by atoms with Gasteiger partial charge >= 0.3 is 6.03 Å². The van der Waals surface area contributed by atoms with Gasteiger partial charge in [-0.1, -0.05) is 28.1 Å². The number of carbonyl (C=O) groups excluding carboxylic acids is 1. The predicted molar refractivity (Wildman–Crippen MR) is 89.5 cm³/mol. The van der Waals surface area contributed by atoms with Crippen LogP contribution in [0.5, 0.6) is 0 Å². The van der Waals surface area contributed by atoms with E-state index in [0.29, 0.717) is 22.6 Å². The molecular formula is C14H12BrN3O3S. The van der Waals surface area contributed by atoms with Crippen molar-refractivity contribution in [1.29, 1.82) is 0 Å². The fourth-order valence-electron chi connectivity index (χ4n) is 2.16. The van der Waals surface area contributed by atoms with Gasteiger partial charge in [0.1, 0.15) is 0 Å². The molecule has 0 fully saturated rings. The molecule has 0 unspecified atom stereocenters. The van der Waals surface area contributed by atoms with Crippen LogP contribution >= 0.6 is 15.9 Å². The lowest BCUT2D eigenvalue weighted by Crippen LogP contribution is -2.20. The molecular weight excluding hydrogens is 370 g/mol.